The van der Waals surface area contributed by atoms with Gasteiger partial charge < -0.3 is 15.2 Å². The summed E-state index contributed by atoms with van der Waals surface area (Å²) in [5, 5.41) is 11.5. The van der Waals surface area contributed by atoms with E-state index in [0.29, 0.717) is 18.6 Å². The highest BCUT2D eigenvalue weighted by atomic mass is 16.5. The first-order chi connectivity index (χ1) is 9.60. The fraction of sp³-hybridized carbons (Fsp3) is 0.357. The van der Waals surface area contributed by atoms with Gasteiger partial charge in [-0.3, -0.25) is 4.79 Å². The Kier molecular flexibility index (Phi) is 6.22. The van der Waals surface area contributed by atoms with Gasteiger partial charge in [0.15, 0.2) is 11.4 Å². The van der Waals surface area contributed by atoms with Crippen molar-refractivity contribution in [3.63, 3.8) is 0 Å². The zero-order valence-electron chi connectivity index (χ0n) is 11.3. The molecule has 0 radical (unpaired) electrons. The molecule has 0 saturated carbocycles. The van der Waals surface area contributed by atoms with Gasteiger partial charge in [0.05, 0.1) is 0 Å². The highest BCUT2D eigenvalue weighted by molar-refractivity contribution is 5.97. The fourth-order valence-electron chi connectivity index (χ4n) is 1.60. The molecule has 20 heavy (non-hydrogen) atoms. The first-order valence-electron chi connectivity index (χ1n) is 6.32. The summed E-state index contributed by atoms with van der Waals surface area (Å²) >= 11 is 0. The van der Waals surface area contributed by atoms with Crippen LogP contribution in [0, 0.1) is 0 Å². The molecule has 0 fully saturated rings. The third-order valence-corrected chi connectivity index (χ3v) is 2.52. The van der Waals surface area contributed by atoms with Crippen molar-refractivity contribution in [2.45, 2.75) is 25.8 Å². The maximum atomic E-state index is 12.1. The van der Waals surface area contributed by atoms with Crippen molar-refractivity contribution in [2.24, 2.45) is 0 Å². The van der Waals surface area contributed by atoms with Gasteiger partial charge in [0.2, 0.25) is 0 Å². The first-order valence-corrected chi connectivity index (χ1v) is 6.32. The monoisotopic (exact) mass is 278 g/mol. The number of pyridine rings is 1. The number of hydrogen-bond donors (Lipinski definition) is 2. The number of carboxylic acids is 1. The lowest BCUT2D eigenvalue weighted by molar-refractivity contribution is -0.139. The molecular weight excluding hydrogens is 260 g/mol. The Morgan fingerprint density at radius 2 is 2.35 bits per heavy atom. The predicted octanol–water partition coefficient (Wildman–Crippen LogP) is 1.63. The SMILES string of the molecule is C=CCOc1cccnc1C(=O)NC(CCC)C(=O)O. The number of amides is 1. The quantitative estimate of drug-likeness (QED) is 0.705. The van der Waals surface area contributed by atoms with Crippen LogP contribution in [0.3, 0.4) is 0 Å². The lowest BCUT2D eigenvalue weighted by Gasteiger charge is -2.14. The van der Waals surface area contributed by atoms with Gasteiger partial charge in [-0.05, 0) is 18.6 Å². The number of nitrogens with one attached hydrogen (secondary N) is 1. The van der Waals surface area contributed by atoms with Crippen molar-refractivity contribution in [2.75, 3.05) is 6.61 Å². The Hall–Kier alpha value is -2.37. The highest BCUT2D eigenvalue weighted by Gasteiger charge is 2.22. The summed E-state index contributed by atoms with van der Waals surface area (Å²) in [4.78, 5) is 27.0. The standard InChI is InChI=1S/C14H18N2O4/c1-3-6-10(14(18)19)16-13(17)12-11(20-9-4-2)7-5-8-15-12/h4-5,7-8,10H,2-3,6,9H2,1H3,(H,16,17)(H,18,19). The van der Waals surface area contributed by atoms with Crippen molar-refractivity contribution >= 4 is 11.9 Å². The summed E-state index contributed by atoms with van der Waals surface area (Å²) in [6, 6.07) is 2.30. The van der Waals surface area contributed by atoms with Gasteiger partial charge in [-0.2, -0.15) is 0 Å². The van der Waals surface area contributed by atoms with E-state index in [1.54, 1.807) is 18.2 Å². The highest BCUT2D eigenvalue weighted by Crippen LogP contribution is 2.15. The van der Waals surface area contributed by atoms with Crippen LogP contribution in [0.1, 0.15) is 30.3 Å². The van der Waals surface area contributed by atoms with Crippen LogP contribution in [0.25, 0.3) is 0 Å². The van der Waals surface area contributed by atoms with Crippen LogP contribution in [0.5, 0.6) is 5.75 Å². The summed E-state index contributed by atoms with van der Waals surface area (Å²) in [7, 11) is 0. The van der Waals surface area contributed by atoms with Crippen LogP contribution < -0.4 is 10.1 Å². The molecule has 1 atom stereocenters. The number of aliphatic carboxylic acids is 1. The topological polar surface area (TPSA) is 88.5 Å². The number of rotatable bonds is 8. The van der Waals surface area contributed by atoms with E-state index in [1.807, 2.05) is 6.92 Å². The Morgan fingerprint density at radius 1 is 1.60 bits per heavy atom. The maximum absolute atomic E-state index is 12.1. The number of ether oxygens (including phenoxy) is 1. The van der Waals surface area contributed by atoms with Gasteiger partial charge >= 0.3 is 5.97 Å². The Morgan fingerprint density at radius 3 is 2.95 bits per heavy atom. The molecule has 1 rings (SSSR count). The smallest absolute Gasteiger partial charge is 0.326 e. The largest absolute Gasteiger partial charge is 0.487 e. The van der Waals surface area contributed by atoms with E-state index >= 15 is 0 Å². The van der Waals surface area contributed by atoms with Crippen molar-refractivity contribution in [3.8, 4) is 5.75 Å². The minimum atomic E-state index is -1.07. The molecule has 0 aliphatic carbocycles. The molecule has 1 unspecified atom stereocenters. The maximum Gasteiger partial charge on any atom is 0.326 e. The van der Waals surface area contributed by atoms with Crippen molar-refractivity contribution < 1.29 is 19.4 Å². The Bertz CT molecular complexity index is 488. The van der Waals surface area contributed by atoms with Gasteiger partial charge in [-0.1, -0.05) is 26.0 Å². The van der Waals surface area contributed by atoms with Gasteiger partial charge in [0, 0.05) is 6.20 Å². The summed E-state index contributed by atoms with van der Waals surface area (Å²) in [5.74, 6) is -1.33. The molecule has 108 valence electrons. The average molecular weight is 278 g/mol. The number of nitrogens with zero attached hydrogens (tertiary/aromatic N) is 1. The average Bonchev–Trinajstić information content (AvgIpc) is 2.44. The molecule has 0 aliphatic rings. The Balaban J connectivity index is 2.85. The second-order valence-corrected chi connectivity index (χ2v) is 4.10. The Labute approximate surface area is 117 Å². The van der Waals surface area contributed by atoms with E-state index in [1.165, 1.54) is 6.20 Å². The number of carbonyl (C=O) groups excluding carboxylic acids is 1. The minimum absolute atomic E-state index is 0.0664. The van der Waals surface area contributed by atoms with Crippen LogP contribution in [0.15, 0.2) is 31.0 Å². The van der Waals surface area contributed by atoms with E-state index in [4.69, 9.17) is 9.84 Å². The second-order valence-electron chi connectivity index (χ2n) is 4.10. The summed E-state index contributed by atoms with van der Waals surface area (Å²) in [6.07, 6.45) is 4.01. The molecule has 0 aliphatic heterocycles. The van der Waals surface area contributed by atoms with Crippen LogP contribution >= 0.6 is 0 Å². The van der Waals surface area contributed by atoms with E-state index in [2.05, 4.69) is 16.9 Å². The molecule has 6 heteroatoms. The van der Waals surface area contributed by atoms with Crippen LogP contribution in [0.4, 0.5) is 0 Å². The molecular formula is C14H18N2O4. The van der Waals surface area contributed by atoms with Crippen molar-refractivity contribution in [1.29, 1.82) is 0 Å². The van der Waals surface area contributed by atoms with Gasteiger partial charge in [0.1, 0.15) is 12.6 Å². The zero-order valence-corrected chi connectivity index (χ0v) is 11.3. The second kappa shape index (κ2) is 7.93. The van der Waals surface area contributed by atoms with E-state index in [0.717, 1.165) is 0 Å². The zero-order chi connectivity index (χ0) is 15.0. The summed E-state index contributed by atoms with van der Waals surface area (Å²) < 4.78 is 5.32. The summed E-state index contributed by atoms with van der Waals surface area (Å²) in [6.45, 7) is 5.61. The third-order valence-electron chi connectivity index (χ3n) is 2.52. The van der Waals surface area contributed by atoms with Gasteiger partial charge in [-0.15, -0.1) is 0 Å². The molecule has 0 bridgehead atoms. The first kappa shape index (κ1) is 15.7. The predicted molar refractivity (Wildman–Crippen MR) is 73.7 cm³/mol. The van der Waals surface area contributed by atoms with Gasteiger partial charge in [-0.25, -0.2) is 9.78 Å². The number of hydrogen-bond acceptors (Lipinski definition) is 4. The number of carboxylic acid groups (broad SMARTS) is 1. The van der Waals surface area contributed by atoms with E-state index < -0.39 is 17.9 Å². The molecule has 1 aromatic heterocycles. The number of carbonyl (C=O) groups is 2. The molecule has 1 aromatic rings. The fourth-order valence-corrected chi connectivity index (χ4v) is 1.60. The molecule has 1 amide bonds. The molecule has 6 nitrogen and oxygen atoms in total. The van der Waals surface area contributed by atoms with E-state index in [-0.39, 0.29) is 12.3 Å². The van der Waals surface area contributed by atoms with E-state index in [9.17, 15) is 9.59 Å². The normalized spacial score (nSPS) is 11.4. The molecule has 0 spiro atoms. The molecule has 1 heterocycles. The minimum Gasteiger partial charge on any atom is -0.487 e. The number of aromatic nitrogens is 1. The van der Waals surface area contributed by atoms with Crippen molar-refractivity contribution in [1.82, 2.24) is 10.3 Å². The van der Waals surface area contributed by atoms with Crippen LogP contribution in [-0.2, 0) is 4.79 Å². The lowest BCUT2D eigenvalue weighted by Crippen LogP contribution is -2.41. The lowest BCUT2D eigenvalue weighted by atomic mass is 10.1. The molecule has 2 N–H and O–H groups in total. The van der Waals surface area contributed by atoms with Crippen LogP contribution in [0.2, 0.25) is 0 Å². The summed E-state index contributed by atoms with van der Waals surface area (Å²) in [5.41, 5.74) is 0.0664. The van der Waals surface area contributed by atoms with Gasteiger partial charge in [0.25, 0.3) is 5.91 Å². The molecule has 0 saturated heterocycles. The third kappa shape index (κ3) is 4.38. The van der Waals surface area contributed by atoms with Crippen LogP contribution in [-0.4, -0.2) is 34.6 Å². The van der Waals surface area contributed by atoms with Crippen molar-refractivity contribution in [3.05, 3.63) is 36.7 Å². The molecule has 0 aromatic carbocycles.